The minimum Gasteiger partial charge on any atom is -0.462 e. The highest BCUT2D eigenvalue weighted by Gasteiger charge is 2.26. The molecule has 1 N–H and O–H groups in total. The molecule has 0 rings (SSSR count). The molecule has 0 heterocycles. The fourth-order valence-electron chi connectivity index (χ4n) is 6.14. The number of nitrogens with zero attached hydrogens (tertiary/aromatic N) is 1. The molecule has 0 aliphatic rings. The van der Waals surface area contributed by atoms with Crippen molar-refractivity contribution in [2.75, 3.05) is 40.5 Å². The molecule has 0 saturated heterocycles. The maximum absolute atomic E-state index is 12.7. The zero-order valence-electron chi connectivity index (χ0n) is 38.2. The van der Waals surface area contributed by atoms with Crippen molar-refractivity contribution in [2.24, 2.45) is 0 Å². The van der Waals surface area contributed by atoms with Gasteiger partial charge < -0.3 is 19.3 Å². The second-order valence-corrected chi connectivity index (χ2v) is 17.4. The number of phosphoric acid groups is 1. The SMILES string of the molecule is CCCCC/C=C\C/C=C\C/C=C\C/C=C\CCCC(=O)OCC(COP(=O)(O)OCCN(C)C)OC(=O)CCCCCCCCCCC/C=C\CCCCCCCC. The van der Waals surface area contributed by atoms with Crippen molar-refractivity contribution < 1.29 is 37.6 Å². The number of allylic oxidation sites excluding steroid dienone is 10. The molecule has 0 fully saturated rings. The van der Waals surface area contributed by atoms with Gasteiger partial charge in [0.2, 0.25) is 0 Å². The number of esters is 2. The Kier molecular flexibility index (Phi) is 42.1. The highest BCUT2D eigenvalue weighted by molar-refractivity contribution is 7.47. The van der Waals surface area contributed by atoms with Crippen LogP contribution in [0.4, 0.5) is 0 Å². The molecular weight excluding hydrogens is 762 g/mol. The summed E-state index contributed by atoms with van der Waals surface area (Å²) in [6.07, 6.45) is 51.3. The predicted molar refractivity (Wildman–Crippen MR) is 247 cm³/mol. The zero-order chi connectivity index (χ0) is 43.3. The van der Waals surface area contributed by atoms with E-state index in [4.69, 9.17) is 18.5 Å². The molecule has 59 heavy (non-hydrogen) atoms. The average molecular weight is 850 g/mol. The second kappa shape index (κ2) is 43.8. The number of carbonyl (C=O) groups is 2. The van der Waals surface area contributed by atoms with E-state index in [1.165, 1.54) is 109 Å². The molecule has 342 valence electrons. The Labute approximate surface area is 362 Å². The summed E-state index contributed by atoms with van der Waals surface area (Å²) in [6.45, 7) is 4.23. The van der Waals surface area contributed by atoms with E-state index in [0.29, 0.717) is 19.4 Å². The third-order valence-electron chi connectivity index (χ3n) is 9.80. The molecule has 0 bridgehead atoms. The first-order chi connectivity index (χ1) is 28.7. The van der Waals surface area contributed by atoms with Gasteiger partial charge in [0.05, 0.1) is 13.2 Å². The van der Waals surface area contributed by atoms with Gasteiger partial charge in [0.1, 0.15) is 6.61 Å². The number of carbonyl (C=O) groups excluding carboxylic acids is 2. The van der Waals surface area contributed by atoms with Crippen LogP contribution >= 0.6 is 7.82 Å². The van der Waals surface area contributed by atoms with Gasteiger partial charge >= 0.3 is 19.8 Å². The summed E-state index contributed by atoms with van der Waals surface area (Å²) in [5.41, 5.74) is 0. The number of rotatable bonds is 43. The Bertz CT molecular complexity index is 1160. The van der Waals surface area contributed by atoms with Crippen LogP contribution in [0.2, 0.25) is 0 Å². The van der Waals surface area contributed by atoms with E-state index in [1.54, 1.807) is 0 Å². The maximum Gasteiger partial charge on any atom is 0.472 e. The summed E-state index contributed by atoms with van der Waals surface area (Å²) in [5, 5.41) is 0. The first kappa shape index (κ1) is 56.7. The lowest BCUT2D eigenvalue weighted by atomic mass is 10.1. The van der Waals surface area contributed by atoms with Gasteiger partial charge in [-0.05, 0) is 91.1 Å². The van der Waals surface area contributed by atoms with Crippen LogP contribution in [-0.4, -0.2) is 68.3 Å². The molecule has 0 aromatic rings. The van der Waals surface area contributed by atoms with Gasteiger partial charge in [0.15, 0.2) is 6.10 Å². The number of phosphoric ester groups is 1. The van der Waals surface area contributed by atoms with Crippen LogP contribution in [-0.2, 0) is 32.7 Å². The van der Waals surface area contributed by atoms with Crippen molar-refractivity contribution in [3.63, 3.8) is 0 Å². The normalized spacial score (nSPS) is 13.9. The van der Waals surface area contributed by atoms with Crippen molar-refractivity contribution in [1.29, 1.82) is 0 Å². The Morgan fingerprint density at radius 3 is 1.46 bits per heavy atom. The molecule has 2 unspecified atom stereocenters. The molecule has 9 nitrogen and oxygen atoms in total. The van der Waals surface area contributed by atoms with Gasteiger partial charge in [-0.2, -0.15) is 0 Å². The van der Waals surface area contributed by atoms with Crippen molar-refractivity contribution in [1.82, 2.24) is 4.90 Å². The average Bonchev–Trinajstić information content (AvgIpc) is 3.20. The van der Waals surface area contributed by atoms with Crippen molar-refractivity contribution in [3.8, 4) is 0 Å². The van der Waals surface area contributed by atoms with Gasteiger partial charge in [-0.25, -0.2) is 4.57 Å². The summed E-state index contributed by atoms with van der Waals surface area (Å²) >= 11 is 0. The third kappa shape index (κ3) is 45.1. The summed E-state index contributed by atoms with van der Waals surface area (Å²) in [6, 6.07) is 0. The van der Waals surface area contributed by atoms with E-state index >= 15 is 0 Å². The van der Waals surface area contributed by atoms with E-state index < -0.39 is 32.5 Å². The molecule has 0 aromatic heterocycles. The van der Waals surface area contributed by atoms with Crippen LogP contribution in [0, 0.1) is 0 Å². The Hall–Kier alpha value is -2.29. The second-order valence-electron chi connectivity index (χ2n) is 15.9. The smallest absolute Gasteiger partial charge is 0.462 e. The lowest BCUT2D eigenvalue weighted by Crippen LogP contribution is -2.29. The number of ether oxygens (including phenoxy) is 2. The van der Waals surface area contributed by atoms with E-state index in [0.717, 1.165) is 44.9 Å². The number of unbranched alkanes of at least 4 members (excludes halogenated alkanes) is 19. The lowest BCUT2D eigenvalue weighted by molar-refractivity contribution is -0.161. The summed E-state index contributed by atoms with van der Waals surface area (Å²) < 4.78 is 33.5. The molecule has 0 amide bonds. The molecule has 0 aliphatic carbocycles. The Morgan fingerprint density at radius 1 is 0.525 bits per heavy atom. The summed E-state index contributed by atoms with van der Waals surface area (Å²) in [4.78, 5) is 37.1. The summed E-state index contributed by atoms with van der Waals surface area (Å²) in [5.74, 6) is -0.871. The molecule has 2 atom stereocenters. The largest absolute Gasteiger partial charge is 0.472 e. The topological polar surface area (TPSA) is 112 Å². The summed E-state index contributed by atoms with van der Waals surface area (Å²) in [7, 11) is -0.740. The highest BCUT2D eigenvalue weighted by Crippen LogP contribution is 2.43. The van der Waals surface area contributed by atoms with Crippen LogP contribution < -0.4 is 0 Å². The first-order valence-corrected chi connectivity index (χ1v) is 25.1. The predicted octanol–water partition coefficient (Wildman–Crippen LogP) is 13.9. The van der Waals surface area contributed by atoms with Crippen LogP contribution in [0.5, 0.6) is 0 Å². The van der Waals surface area contributed by atoms with Gasteiger partial charge in [0.25, 0.3) is 0 Å². The molecule has 0 saturated carbocycles. The van der Waals surface area contributed by atoms with E-state index in [2.05, 4.69) is 74.6 Å². The van der Waals surface area contributed by atoms with E-state index in [-0.39, 0.29) is 26.1 Å². The van der Waals surface area contributed by atoms with E-state index in [1.807, 2.05) is 19.0 Å². The molecule has 0 radical (unpaired) electrons. The van der Waals surface area contributed by atoms with E-state index in [9.17, 15) is 19.0 Å². The van der Waals surface area contributed by atoms with Gasteiger partial charge in [-0.15, -0.1) is 0 Å². The van der Waals surface area contributed by atoms with Crippen LogP contribution in [0.25, 0.3) is 0 Å². The maximum atomic E-state index is 12.7. The van der Waals surface area contributed by atoms with Crippen molar-refractivity contribution >= 4 is 19.8 Å². The van der Waals surface area contributed by atoms with Gasteiger partial charge in [0, 0.05) is 19.4 Å². The van der Waals surface area contributed by atoms with Crippen molar-refractivity contribution in [2.45, 2.75) is 200 Å². The van der Waals surface area contributed by atoms with Crippen LogP contribution in [0.1, 0.15) is 194 Å². The lowest BCUT2D eigenvalue weighted by Gasteiger charge is -2.20. The molecule has 10 heteroatoms. The molecular formula is C49H88NO8P. The van der Waals surface area contributed by atoms with Crippen LogP contribution in [0.15, 0.2) is 60.8 Å². The molecule has 0 aliphatic heterocycles. The Morgan fingerprint density at radius 2 is 0.932 bits per heavy atom. The fraction of sp³-hybridized carbons (Fsp3) is 0.755. The minimum atomic E-state index is -4.38. The Balaban J connectivity index is 4.33. The third-order valence-corrected chi connectivity index (χ3v) is 10.8. The van der Waals surface area contributed by atoms with Crippen LogP contribution in [0.3, 0.4) is 0 Å². The zero-order valence-corrected chi connectivity index (χ0v) is 39.1. The minimum absolute atomic E-state index is 0.00332. The molecule has 0 spiro atoms. The monoisotopic (exact) mass is 850 g/mol. The molecule has 0 aromatic carbocycles. The van der Waals surface area contributed by atoms with Gasteiger partial charge in [-0.1, -0.05) is 164 Å². The van der Waals surface area contributed by atoms with Crippen molar-refractivity contribution in [3.05, 3.63) is 60.8 Å². The highest BCUT2D eigenvalue weighted by atomic mass is 31.2. The standard InChI is InChI=1S/C49H88NO8P/c1-5-7-9-11-13-15-17-19-21-23-24-26-28-30-32-34-36-38-40-42-49(52)58-47(46-57-59(53,54)56-44-43-50(3)4)45-55-48(51)41-39-37-35-33-31-29-27-25-22-20-18-16-14-12-10-8-6-2/h14,16,19-22,27,29,33,35,47H,5-13,15,17-18,23-26,28,30-32,34,36-46H2,1-4H3,(H,53,54)/b16-14-,21-19-,22-20-,29-27-,35-33-. The number of hydrogen-bond donors (Lipinski definition) is 1. The fourth-order valence-corrected chi connectivity index (χ4v) is 6.89. The number of likely N-dealkylation sites (N-methyl/N-ethyl adjacent to an activating group) is 1. The number of hydrogen-bond acceptors (Lipinski definition) is 8. The first-order valence-electron chi connectivity index (χ1n) is 23.6. The quantitative estimate of drug-likeness (QED) is 0.0277. The van der Waals surface area contributed by atoms with Gasteiger partial charge in [-0.3, -0.25) is 18.6 Å².